The molecule has 0 radical (unpaired) electrons. The van der Waals surface area contributed by atoms with Crippen molar-refractivity contribution in [1.29, 1.82) is 0 Å². The van der Waals surface area contributed by atoms with E-state index in [1.54, 1.807) is 6.07 Å². The van der Waals surface area contributed by atoms with Crippen LogP contribution in [0.15, 0.2) is 18.2 Å². The van der Waals surface area contributed by atoms with E-state index in [2.05, 4.69) is 24.1 Å². The van der Waals surface area contributed by atoms with E-state index in [-0.39, 0.29) is 11.6 Å². The lowest BCUT2D eigenvalue weighted by Gasteiger charge is -2.32. The maximum Gasteiger partial charge on any atom is 0.250 e. The molecule has 2 rings (SSSR count). The average molecular weight is 279 g/mol. The number of nitrogens with zero attached hydrogens (tertiary/aromatic N) is 1. The van der Waals surface area contributed by atoms with Gasteiger partial charge >= 0.3 is 0 Å². The third-order valence-corrected chi connectivity index (χ3v) is 3.74. The highest BCUT2D eigenvalue weighted by Gasteiger charge is 2.23. The van der Waals surface area contributed by atoms with Crippen LogP contribution in [0.3, 0.4) is 0 Å². The highest BCUT2D eigenvalue weighted by Crippen LogP contribution is 2.24. The SMILES string of the molecule is CC(C)N(CC1CCCN1)c1ccc(F)cc1C(N)=O. The molecule has 20 heavy (non-hydrogen) atoms. The summed E-state index contributed by atoms with van der Waals surface area (Å²) < 4.78 is 13.3. The first-order chi connectivity index (χ1) is 9.49. The number of carbonyl (C=O) groups excluding carboxylic acids is 1. The first-order valence-corrected chi connectivity index (χ1v) is 7.08. The molecule has 4 nitrogen and oxygen atoms in total. The van der Waals surface area contributed by atoms with Gasteiger partial charge in [0, 0.05) is 24.3 Å². The molecular weight excluding hydrogens is 257 g/mol. The van der Waals surface area contributed by atoms with Gasteiger partial charge in [-0.05, 0) is 51.4 Å². The molecule has 5 heteroatoms. The quantitative estimate of drug-likeness (QED) is 0.865. The Labute approximate surface area is 119 Å². The summed E-state index contributed by atoms with van der Waals surface area (Å²) in [5, 5.41) is 3.44. The monoisotopic (exact) mass is 279 g/mol. The first kappa shape index (κ1) is 14.8. The summed E-state index contributed by atoms with van der Waals surface area (Å²) in [6, 6.07) is 4.85. The lowest BCUT2D eigenvalue weighted by atomic mass is 10.1. The van der Waals surface area contributed by atoms with Gasteiger partial charge in [0.25, 0.3) is 5.91 Å². The van der Waals surface area contributed by atoms with Crippen LogP contribution in [0.5, 0.6) is 0 Å². The molecule has 1 atom stereocenters. The molecule has 1 aromatic carbocycles. The van der Waals surface area contributed by atoms with E-state index in [0.717, 1.165) is 19.5 Å². The van der Waals surface area contributed by atoms with Crippen LogP contribution in [0.4, 0.5) is 10.1 Å². The third kappa shape index (κ3) is 3.28. The maximum atomic E-state index is 13.3. The molecule has 3 N–H and O–H groups in total. The molecule has 0 aliphatic carbocycles. The van der Waals surface area contributed by atoms with Gasteiger partial charge in [-0.1, -0.05) is 0 Å². The summed E-state index contributed by atoms with van der Waals surface area (Å²) in [4.78, 5) is 13.7. The zero-order valence-corrected chi connectivity index (χ0v) is 12.0. The number of rotatable bonds is 5. The van der Waals surface area contributed by atoms with Crippen molar-refractivity contribution >= 4 is 11.6 Å². The molecule has 1 saturated heterocycles. The van der Waals surface area contributed by atoms with Crippen molar-refractivity contribution in [1.82, 2.24) is 5.32 Å². The maximum absolute atomic E-state index is 13.3. The minimum atomic E-state index is -0.593. The number of benzene rings is 1. The Kier molecular flexibility index (Phi) is 4.60. The van der Waals surface area contributed by atoms with Crippen LogP contribution in [0, 0.1) is 5.82 Å². The Morgan fingerprint density at radius 3 is 2.85 bits per heavy atom. The van der Waals surface area contributed by atoms with Crippen molar-refractivity contribution in [2.45, 2.75) is 38.8 Å². The molecule has 1 unspecified atom stereocenters. The second kappa shape index (κ2) is 6.22. The molecule has 0 bridgehead atoms. The average Bonchev–Trinajstić information content (AvgIpc) is 2.89. The van der Waals surface area contributed by atoms with Gasteiger partial charge in [-0.2, -0.15) is 0 Å². The van der Waals surface area contributed by atoms with Gasteiger partial charge in [-0.25, -0.2) is 4.39 Å². The van der Waals surface area contributed by atoms with Gasteiger partial charge in [0.2, 0.25) is 0 Å². The first-order valence-electron chi connectivity index (χ1n) is 7.08. The number of hydrogen-bond acceptors (Lipinski definition) is 3. The van der Waals surface area contributed by atoms with Crippen LogP contribution >= 0.6 is 0 Å². The largest absolute Gasteiger partial charge is 0.367 e. The number of carbonyl (C=O) groups is 1. The predicted octanol–water partition coefficient (Wildman–Crippen LogP) is 1.89. The fraction of sp³-hybridized carbons (Fsp3) is 0.533. The summed E-state index contributed by atoms with van der Waals surface area (Å²) in [7, 11) is 0. The number of hydrogen-bond donors (Lipinski definition) is 2. The van der Waals surface area contributed by atoms with E-state index in [1.807, 2.05) is 0 Å². The van der Waals surface area contributed by atoms with Crippen molar-refractivity contribution in [3.05, 3.63) is 29.6 Å². The fourth-order valence-corrected chi connectivity index (χ4v) is 2.69. The van der Waals surface area contributed by atoms with Gasteiger partial charge in [0.05, 0.1) is 5.56 Å². The molecule has 1 amide bonds. The number of primary amides is 1. The Morgan fingerprint density at radius 2 is 2.30 bits per heavy atom. The standard InChI is InChI=1S/C15H22FN3O/c1-10(2)19(9-12-4-3-7-18-12)14-6-5-11(16)8-13(14)15(17)20/h5-6,8,10,12,18H,3-4,7,9H2,1-2H3,(H2,17,20). The van der Waals surface area contributed by atoms with Crippen LogP contribution in [0.1, 0.15) is 37.0 Å². The number of amides is 1. The zero-order chi connectivity index (χ0) is 14.7. The van der Waals surface area contributed by atoms with Crippen molar-refractivity contribution in [2.75, 3.05) is 18.0 Å². The molecule has 1 fully saturated rings. The number of halogens is 1. The smallest absolute Gasteiger partial charge is 0.250 e. The normalized spacial score (nSPS) is 18.5. The minimum Gasteiger partial charge on any atom is -0.367 e. The fourth-order valence-electron chi connectivity index (χ4n) is 2.69. The molecule has 110 valence electrons. The molecule has 1 aromatic rings. The zero-order valence-electron chi connectivity index (χ0n) is 12.0. The van der Waals surface area contributed by atoms with E-state index in [9.17, 15) is 9.18 Å². The van der Waals surface area contributed by atoms with E-state index in [1.165, 1.54) is 18.6 Å². The highest BCUT2D eigenvalue weighted by atomic mass is 19.1. The van der Waals surface area contributed by atoms with Gasteiger partial charge in [-0.3, -0.25) is 4.79 Å². The third-order valence-electron chi connectivity index (χ3n) is 3.74. The minimum absolute atomic E-state index is 0.209. The summed E-state index contributed by atoms with van der Waals surface area (Å²) in [6.45, 7) is 5.94. The van der Waals surface area contributed by atoms with Gasteiger partial charge in [-0.15, -0.1) is 0 Å². The van der Waals surface area contributed by atoms with Crippen LogP contribution < -0.4 is 16.0 Å². The molecule has 1 aliphatic heterocycles. The number of nitrogens with two attached hydrogens (primary N) is 1. The Hall–Kier alpha value is -1.62. The Bertz CT molecular complexity index is 484. The van der Waals surface area contributed by atoms with Crippen LogP contribution in [-0.4, -0.2) is 31.1 Å². The molecule has 1 aliphatic rings. The van der Waals surface area contributed by atoms with E-state index in [4.69, 9.17) is 5.73 Å². The van der Waals surface area contributed by atoms with E-state index < -0.39 is 11.7 Å². The van der Waals surface area contributed by atoms with Crippen LogP contribution in [0.25, 0.3) is 0 Å². The van der Waals surface area contributed by atoms with Crippen LogP contribution in [0.2, 0.25) is 0 Å². The van der Waals surface area contributed by atoms with Gasteiger partial charge < -0.3 is 16.0 Å². The number of anilines is 1. The molecule has 1 heterocycles. The number of nitrogens with one attached hydrogen (secondary N) is 1. The van der Waals surface area contributed by atoms with Gasteiger partial charge in [0.15, 0.2) is 0 Å². The van der Waals surface area contributed by atoms with Crippen molar-refractivity contribution in [3.8, 4) is 0 Å². The summed E-state index contributed by atoms with van der Waals surface area (Å²) in [5.41, 5.74) is 6.34. The molecule has 0 aromatic heterocycles. The van der Waals surface area contributed by atoms with Gasteiger partial charge in [0.1, 0.15) is 5.82 Å². The predicted molar refractivity (Wildman–Crippen MR) is 78.4 cm³/mol. The molecular formula is C15H22FN3O. The Morgan fingerprint density at radius 1 is 1.55 bits per heavy atom. The van der Waals surface area contributed by atoms with Crippen LogP contribution in [-0.2, 0) is 0 Å². The second-order valence-electron chi connectivity index (χ2n) is 5.57. The summed E-state index contributed by atoms with van der Waals surface area (Å²) >= 11 is 0. The second-order valence-corrected chi connectivity index (χ2v) is 5.57. The lowest BCUT2D eigenvalue weighted by Crippen LogP contribution is -2.42. The topological polar surface area (TPSA) is 58.4 Å². The Balaban J connectivity index is 2.30. The van der Waals surface area contributed by atoms with Crippen molar-refractivity contribution < 1.29 is 9.18 Å². The summed E-state index contributed by atoms with van der Waals surface area (Å²) in [6.07, 6.45) is 2.29. The van der Waals surface area contributed by atoms with E-state index in [0.29, 0.717) is 11.7 Å². The molecule has 0 spiro atoms. The highest BCUT2D eigenvalue weighted by molar-refractivity contribution is 5.98. The van der Waals surface area contributed by atoms with Crippen molar-refractivity contribution in [2.24, 2.45) is 5.73 Å². The molecule has 0 saturated carbocycles. The van der Waals surface area contributed by atoms with E-state index >= 15 is 0 Å². The lowest BCUT2D eigenvalue weighted by molar-refractivity contribution is 0.1000. The van der Waals surface area contributed by atoms with Crippen molar-refractivity contribution in [3.63, 3.8) is 0 Å². The summed E-state index contributed by atoms with van der Waals surface area (Å²) in [5.74, 6) is -1.03.